The first-order valence-corrected chi connectivity index (χ1v) is 9.73. The maximum absolute atomic E-state index is 13.0. The van der Waals surface area contributed by atoms with Crippen LogP contribution in [0.1, 0.15) is 23.2 Å². The number of amides is 1. The molecule has 132 valence electrons. The summed E-state index contributed by atoms with van der Waals surface area (Å²) in [4.78, 5) is 23.6. The number of aromatic nitrogens is 2. The Bertz CT molecular complexity index is 986. The predicted octanol–water partition coefficient (Wildman–Crippen LogP) is 2.93. The van der Waals surface area contributed by atoms with Gasteiger partial charge in [-0.25, -0.2) is 9.97 Å². The third kappa shape index (κ3) is 2.52. The number of rotatable bonds is 2. The number of thiophene rings is 1. The van der Waals surface area contributed by atoms with Crippen molar-refractivity contribution < 1.29 is 9.53 Å². The van der Waals surface area contributed by atoms with Crippen molar-refractivity contribution in [1.29, 1.82) is 0 Å². The molecule has 3 aromatic rings. The zero-order valence-electron chi connectivity index (χ0n) is 14.4. The molecule has 1 spiro atoms. The van der Waals surface area contributed by atoms with Crippen LogP contribution in [0.4, 0.5) is 0 Å². The molecule has 0 saturated carbocycles. The minimum absolute atomic E-state index is 0.178. The molecule has 0 unspecified atom stereocenters. The molecule has 2 aliphatic heterocycles. The van der Waals surface area contributed by atoms with Crippen molar-refractivity contribution in [2.75, 3.05) is 19.7 Å². The lowest BCUT2D eigenvalue weighted by atomic mass is 9.81. The molecule has 2 aliphatic rings. The topological polar surface area (TPSA) is 55.3 Å². The molecule has 5 rings (SSSR count). The summed E-state index contributed by atoms with van der Waals surface area (Å²) < 4.78 is 7.04. The van der Waals surface area contributed by atoms with Crippen molar-refractivity contribution in [3.63, 3.8) is 0 Å². The fraction of sp³-hybridized carbons (Fsp3) is 0.350. The Hall–Kier alpha value is -2.31. The summed E-state index contributed by atoms with van der Waals surface area (Å²) in [6.07, 6.45) is 4.80. The number of likely N-dealkylation sites (tertiary alicyclic amines) is 1. The van der Waals surface area contributed by atoms with Gasteiger partial charge in [-0.2, -0.15) is 0 Å². The largest absolute Gasteiger partial charge is 0.376 e. The Kier molecular flexibility index (Phi) is 3.76. The average molecular weight is 365 g/mol. The Morgan fingerprint density at radius 2 is 2.27 bits per heavy atom. The van der Waals surface area contributed by atoms with E-state index in [1.54, 1.807) is 17.7 Å². The van der Waals surface area contributed by atoms with Gasteiger partial charge < -0.3 is 9.64 Å². The van der Waals surface area contributed by atoms with Crippen LogP contribution in [-0.2, 0) is 28.0 Å². The van der Waals surface area contributed by atoms with Gasteiger partial charge in [-0.05, 0) is 28.8 Å². The summed E-state index contributed by atoms with van der Waals surface area (Å²) in [5.41, 5.74) is 3.06. The number of hydrogen-bond donors (Lipinski definition) is 0. The van der Waals surface area contributed by atoms with Crippen LogP contribution in [0.3, 0.4) is 0 Å². The van der Waals surface area contributed by atoms with Crippen LogP contribution < -0.4 is 0 Å². The summed E-state index contributed by atoms with van der Waals surface area (Å²) in [6.45, 7) is 2.63. The molecule has 0 radical (unpaired) electrons. The molecule has 0 aliphatic carbocycles. The summed E-state index contributed by atoms with van der Waals surface area (Å²) in [5, 5.41) is 3.31. The molecule has 2 aromatic heterocycles. The Balaban J connectivity index is 1.37. The SMILES string of the molecule is O=C(Cc1csc2ccccc12)N1CC[C@@]2(COCc3cncnc32)C1. The third-order valence-electron chi connectivity index (χ3n) is 5.54. The first-order chi connectivity index (χ1) is 12.8. The third-order valence-corrected chi connectivity index (χ3v) is 6.55. The average Bonchev–Trinajstić information content (AvgIpc) is 3.28. The number of carbonyl (C=O) groups is 1. The minimum atomic E-state index is -0.178. The van der Waals surface area contributed by atoms with E-state index in [1.165, 1.54) is 10.1 Å². The molecule has 0 N–H and O–H groups in total. The van der Waals surface area contributed by atoms with Gasteiger partial charge in [0.2, 0.25) is 5.91 Å². The van der Waals surface area contributed by atoms with Crippen molar-refractivity contribution in [2.24, 2.45) is 0 Å². The van der Waals surface area contributed by atoms with Crippen LogP contribution in [0.15, 0.2) is 42.2 Å². The fourth-order valence-electron chi connectivity index (χ4n) is 4.21. The zero-order chi connectivity index (χ0) is 17.6. The Morgan fingerprint density at radius 3 is 3.23 bits per heavy atom. The number of hydrogen-bond acceptors (Lipinski definition) is 5. The van der Waals surface area contributed by atoms with E-state index in [1.807, 2.05) is 23.2 Å². The van der Waals surface area contributed by atoms with Crippen molar-refractivity contribution in [3.05, 3.63) is 59.0 Å². The molecule has 1 atom stereocenters. The minimum Gasteiger partial charge on any atom is -0.376 e. The monoisotopic (exact) mass is 365 g/mol. The van der Waals surface area contributed by atoms with Crippen LogP contribution in [-0.4, -0.2) is 40.5 Å². The number of nitrogens with zero attached hydrogens (tertiary/aromatic N) is 3. The van der Waals surface area contributed by atoms with Crippen LogP contribution in [0.2, 0.25) is 0 Å². The second-order valence-corrected chi connectivity index (χ2v) is 8.08. The number of benzene rings is 1. The van der Waals surface area contributed by atoms with Gasteiger partial charge in [-0.1, -0.05) is 18.2 Å². The lowest BCUT2D eigenvalue weighted by molar-refractivity contribution is -0.129. The van der Waals surface area contributed by atoms with E-state index in [0.717, 1.165) is 29.8 Å². The van der Waals surface area contributed by atoms with Crippen molar-refractivity contribution in [1.82, 2.24) is 14.9 Å². The molecular formula is C20H19N3O2S. The van der Waals surface area contributed by atoms with E-state index in [-0.39, 0.29) is 11.3 Å². The van der Waals surface area contributed by atoms with Crippen LogP contribution in [0, 0.1) is 0 Å². The van der Waals surface area contributed by atoms with E-state index in [4.69, 9.17) is 4.74 Å². The maximum atomic E-state index is 13.0. The first-order valence-electron chi connectivity index (χ1n) is 8.85. The van der Waals surface area contributed by atoms with Gasteiger partial charge in [0.15, 0.2) is 0 Å². The van der Waals surface area contributed by atoms with E-state index >= 15 is 0 Å². The van der Waals surface area contributed by atoms with E-state index in [9.17, 15) is 4.79 Å². The molecule has 5 nitrogen and oxygen atoms in total. The molecule has 1 aromatic carbocycles. The lowest BCUT2D eigenvalue weighted by Crippen LogP contribution is -2.41. The van der Waals surface area contributed by atoms with Crippen LogP contribution >= 0.6 is 11.3 Å². The Morgan fingerprint density at radius 1 is 1.35 bits per heavy atom. The molecule has 1 amide bonds. The van der Waals surface area contributed by atoms with Gasteiger partial charge in [0.05, 0.1) is 30.7 Å². The zero-order valence-corrected chi connectivity index (χ0v) is 15.2. The van der Waals surface area contributed by atoms with Gasteiger partial charge in [-0.3, -0.25) is 4.79 Å². The highest BCUT2D eigenvalue weighted by Crippen LogP contribution is 2.39. The van der Waals surface area contributed by atoms with E-state index in [2.05, 4.69) is 27.5 Å². The second kappa shape index (κ2) is 6.14. The van der Waals surface area contributed by atoms with E-state index < -0.39 is 0 Å². The van der Waals surface area contributed by atoms with Gasteiger partial charge in [0.25, 0.3) is 0 Å². The van der Waals surface area contributed by atoms with Crippen molar-refractivity contribution >= 4 is 27.3 Å². The lowest BCUT2D eigenvalue weighted by Gasteiger charge is -2.33. The van der Waals surface area contributed by atoms with Gasteiger partial charge in [0, 0.05) is 29.5 Å². The summed E-state index contributed by atoms with van der Waals surface area (Å²) in [6, 6.07) is 8.28. The van der Waals surface area contributed by atoms with Crippen molar-refractivity contribution in [2.45, 2.75) is 24.9 Å². The highest BCUT2D eigenvalue weighted by Gasteiger charge is 2.45. The number of fused-ring (bicyclic) bond motifs is 3. The van der Waals surface area contributed by atoms with Crippen LogP contribution in [0.25, 0.3) is 10.1 Å². The Labute approximate surface area is 155 Å². The molecule has 1 saturated heterocycles. The summed E-state index contributed by atoms with van der Waals surface area (Å²) in [5.74, 6) is 0.187. The quantitative estimate of drug-likeness (QED) is 0.701. The maximum Gasteiger partial charge on any atom is 0.227 e. The van der Waals surface area contributed by atoms with Crippen molar-refractivity contribution in [3.8, 4) is 0 Å². The summed E-state index contributed by atoms with van der Waals surface area (Å²) in [7, 11) is 0. The second-order valence-electron chi connectivity index (χ2n) is 7.17. The van der Waals surface area contributed by atoms with Gasteiger partial charge in [0.1, 0.15) is 6.33 Å². The molecule has 26 heavy (non-hydrogen) atoms. The normalized spacial score (nSPS) is 22.1. The summed E-state index contributed by atoms with van der Waals surface area (Å²) >= 11 is 1.70. The smallest absolute Gasteiger partial charge is 0.227 e. The number of carbonyl (C=O) groups excluding carboxylic acids is 1. The fourth-order valence-corrected chi connectivity index (χ4v) is 5.17. The molecular weight excluding hydrogens is 346 g/mol. The standard InChI is InChI=1S/C20H19N3O2S/c24-18(7-14-10-26-17-4-2-1-3-16(14)17)23-6-5-20(11-23)12-25-9-15-8-21-13-22-19(15)20/h1-4,8,10,13H,5-7,9,11-12H2/t20-/m0/s1. The first kappa shape index (κ1) is 15.9. The molecule has 4 heterocycles. The molecule has 6 heteroatoms. The van der Waals surface area contributed by atoms with Crippen LogP contribution in [0.5, 0.6) is 0 Å². The highest BCUT2D eigenvalue weighted by atomic mass is 32.1. The van der Waals surface area contributed by atoms with Gasteiger partial charge >= 0.3 is 0 Å². The highest BCUT2D eigenvalue weighted by molar-refractivity contribution is 7.17. The van der Waals surface area contributed by atoms with E-state index in [0.29, 0.717) is 26.2 Å². The predicted molar refractivity (Wildman–Crippen MR) is 100 cm³/mol. The molecule has 1 fully saturated rings. The number of ether oxygens (including phenoxy) is 1. The van der Waals surface area contributed by atoms with Gasteiger partial charge in [-0.15, -0.1) is 11.3 Å². The molecule has 0 bridgehead atoms.